The fourth-order valence-electron chi connectivity index (χ4n) is 3.31. The molecule has 3 heteroatoms. The van der Waals surface area contributed by atoms with Crippen LogP contribution in [0.3, 0.4) is 0 Å². The number of hydrogen-bond acceptors (Lipinski definition) is 3. The van der Waals surface area contributed by atoms with Gasteiger partial charge in [0.25, 0.3) is 0 Å². The Morgan fingerprint density at radius 1 is 1.35 bits per heavy atom. The minimum absolute atomic E-state index is 0.0522. The predicted molar refractivity (Wildman–Crippen MR) is 80.6 cm³/mol. The first kappa shape index (κ1) is 15.5. The van der Waals surface area contributed by atoms with Crippen molar-refractivity contribution in [2.24, 2.45) is 5.41 Å². The maximum atomic E-state index is 8.92. The van der Waals surface area contributed by atoms with E-state index in [0.717, 1.165) is 12.0 Å². The first-order chi connectivity index (χ1) is 9.46. The third-order valence-corrected chi connectivity index (χ3v) is 4.35. The summed E-state index contributed by atoms with van der Waals surface area (Å²) in [4.78, 5) is 0. The van der Waals surface area contributed by atoms with E-state index in [1.807, 2.05) is 13.0 Å². The molecule has 2 unspecified atom stereocenters. The lowest BCUT2D eigenvalue weighted by Gasteiger charge is -2.47. The maximum Gasteiger partial charge on any atom is 0.0931 e. The summed E-state index contributed by atoms with van der Waals surface area (Å²) < 4.78 is 11.9. The molecule has 2 aliphatic rings. The Kier molecular flexibility index (Phi) is 4.84. The van der Waals surface area contributed by atoms with Gasteiger partial charge >= 0.3 is 0 Å². The molecule has 0 aromatic heterocycles. The largest absolute Gasteiger partial charge is 0.392 e. The van der Waals surface area contributed by atoms with Gasteiger partial charge in [0.15, 0.2) is 0 Å². The van der Waals surface area contributed by atoms with Crippen molar-refractivity contribution in [1.82, 2.24) is 0 Å². The average molecular weight is 278 g/mol. The zero-order valence-electron chi connectivity index (χ0n) is 13.0. The molecule has 1 aliphatic carbocycles. The molecular weight excluding hydrogens is 252 g/mol. The minimum atomic E-state index is -0.0522. The molecule has 1 N–H and O–H groups in total. The predicted octanol–water partition coefficient (Wildman–Crippen LogP) is 3.01. The van der Waals surface area contributed by atoms with Gasteiger partial charge in [-0.15, -0.1) is 0 Å². The van der Waals surface area contributed by atoms with Crippen LogP contribution in [-0.4, -0.2) is 37.1 Å². The van der Waals surface area contributed by atoms with Crippen LogP contribution in [0.15, 0.2) is 34.9 Å². The van der Waals surface area contributed by atoms with Gasteiger partial charge in [0.2, 0.25) is 0 Å². The van der Waals surface area contributed by atoms with Gasteiger partial charge in [0.1, 0.15) is 0 Å². The molecule has 1 saturated heterocycles. The van der Waals surface area contributed by atoms with E-state index in [1.165, 1.54) is 11.1 Å². The molecule has 2 atom stereocenters. The van der Waals surface area contributed by atoms with E-state index >= 15 is 0 Å². The van der Waals surface area contributed by atoms with Crippen LogP contribution in [0.4, 0.5) is 0 Å². The summed E-state index contributed by atoms with van der Waals surface area (Å²) in [6.07, 6.45) is 7.31. The Hall–Kier alpha value is -0.900. The van der Waals surface area contributed by atoms with Crippen molar-refractivity contribution in [1.29, 1.82) is 0 Å². The van der Waals surface area contributed by atoms with Gasteiger partial charge in [-0.3, -0.25) is 0 Å². The summed E-state index contributed by atoms with van der Waals surface area (Å²) in [5, 5.41) is 8.92. The second-order valence-corrected chi connectivity index (χ2v) is 6.28. The van der Waals surface area contributed by atoms with E-state index in [2.05, 4.69) is 32.9 Å². The van der Waals surface area contributed by atoms with Crippen molar-refractivity contribution in [3.8, 4) is 0 Å². The molecule has 1 fully saturated rings. The van der Waals surface area contributed by atoms with Crippen molar-refractivity contribution in [3.63, 3.8) is 0 Å². The standard InChI is InChI=1S/C17H26O3/c1-12(7-8-18)5-6-14-13(2)11-15-16(17(14,3)4)20-10-9-19-15/h5-7,15-16,18H,8-11H2,1-4H3. The Balaban J connectivity index is 2.28. The minimum Gasteiger partial charge on any atom is -0.392 e. The van der Waals surface area contributed by atoms with Crippen molar-refractivity contribution in [3.05, 3.63) is 34.9 Å². The monoisotopic (exact) mass is 278 g/mol. The zero-order chi connectivity index (χ0) is 14.8. The van der Waals surface area contributed by atoms with Gasteiger partial charge in [-0.05, 0) is 25.8 Å². The quantitative estimate of drug-likeness (QED) is 0.807. The van der Waals surface area contributed by atoms with Crippen LogP contribution in [0.25, 0.3) is 0 Å². The molecule has 1 aliphatic heterocycles. The molecule has 0 spiro atoms. The smallest absolute Gasteiger partial charge is 0.0931 e. The SMILES string of the molecule is CC(C=CC1=C(C)CC2OCCOC2C1(C)C)=CCO. The van der Waals surface area contributed by atoms with E-state index < -0.39 is 0 Å². The highest BCUT2D eigenvalue weighted by molar-refractivity contribution is 5.38. The van der Waals surface area contributed by atoms with Crippen LogP contribution in [0, 0.1) is 5.41 Å². The number of aliphatic hydroxyl groups excluding tert-OH is 1. The molecule has 0 radical (unpaired) electrons. The summed E-state index contributed by atoms with van der Waals surface area (Å²) >= 11 is 0. The zero-order valence-corrected chi connectivity index (χ0v) is 13.0. The van der Waals surface area contributed by atoms with Crippen molar-refractivity contribution < 1.29 is 14.6 Å². The fourth-order valence-corrected chi connectivity index (χ4v) is 3.31. The van der Waals surface area contributed by atoms with Crippen LogP contribution in [0.1, 0.15) is 34.1 Å². The third-order valence-electron chi connectivity index (χ3n) is 4.35. The molecule has 0 bridgehead atoms. The lowest BCUT2D eigenvalue weighted by atomic mass is 9.69. The van der Waals surface area contributed by atoms with Crippen LogP contribution in [0.5, 0.6) is 0 Å². The second-order valence-electron chi connectivity index (χ2n) is 6.28. The second kappa shape index (κ2) is 6.25. The number of rotatable bonds is 3. The molecule has 0 saturated carbocycles. The van der Waals surface area contributed by atoms with E-state index in [-0.39, 0.29) is 24.2 Å². The van der Waals surface area contributed by atoms with Crippen molar-refractivity contribution >= 4 is 0 Å². The third kappa shape index (κ3) is 3.05. The van der Waals surface area contributed by atoms with Crippen molar-refractivity contribution in [2.75, 3.05) is 19.8 Å². The normalized spacial score (nSPS) is 30.8. The number of hydrogen-bond donors (Lipinski definition) is 1. The van der Waals surface area contributed by atoms with Crippen LogP contribution < -0.4 is 0 Å². The van der Waals surface area contributed by atoms with Gasteiger partial charge in [0.05, 0.1) is 32.0 Å². The van der Waals surface area contributed by atoms with Crippen LogP contribution in [0.2, 0.25) is 0 Å². The molecule has 0 aromatic rings. The lowest BCUT2D eigenvalue weighted by Crippen LogP contribution is -2.50. The number of aliphatic hydroxyl groups is 1. The van der Waals surface area contributed by atoms with E-state index in [1.54, 1.807) is 0 Å². The molecule has 20 heavy (non-hydrogen) atoms. The van der Waals surface area contributed by atoms with Crippen LogP contribution >= 0.6 is 0 Å². The lowest BCUT2D eigenvalue weighted by molar-refractivity contribution is -0.174. The Labute approximate surface area is 122 Å². The Morgan fingerprint density at radius 2 is 2.05 bits per heavy atom. The Morgan fingerprint density at radius 3 is 2.75 bits per heavy atom. The topological polar surface area (TPSA) is 38.7 Å². The van der Waals surface area contributed by atoms with E-state index in [4.69, 9.17) is 14.6 Å². The number of ether oxygens (including phenoxy) is 2. The van der Waals surface area contributed by atoms with E-state index in [9.17, 15) is 0 Å². The number of fused-ring (bicyclic) bond motifs is 1. The highest BCUT2D eigenvalue weighted by Gasteiger charge is 2.45. The molecule has 2 rings (SSSR count). The highest BCUT2D eigenvalue weighted by atomic mass is 16.6. The summed E-state index contributed by atoms with van der Waals surface area (Å²) in [6.45, 7) is 10.1. The first-order valence-electron chi connectivity index (χ1n) is 7.36. The Bertz CT molecular complexity index is 443. The molecule has 112 valence electrons. The summed E-state index contributed by atoms with van der Waals surface area (Å²) in [5.41, 5.74) is 3.72. The van der Waals surface area contributed by atoms with E-state index in [0.29, 0.717) is 13.2 Å². The van der Waals surface area contributed by atoms with Gasteiger partial charge < -0.3 is 14.6 Å². The van der Waals surface area contributed by atoms with Crippen molar-refractivity contribution in [2.45, 2.75) is 46.3 Å². The average Bonchev–Trinajstić information content (AvgIpc) is 2.38. The molecule has 3 nitrogen and oxygen atoms in total. The fraction of sp³-hybridized carbons (Fsp3) is 0.647. The highest BCUT2D eigenvalue weighted by Crippen LogP contribution is 2.44. The summed E-state index contributed by atoms with van der Waals surface area (Å²) in [6, 6.07) is 0. The molecule has 1 heterocycles. The molecule has 0 amide bonds. The van der Waals surface area contributed by atoms with Gasteiger partial charge in [-0.1, -0.05) is 43.2 Å². The first-order valence-corrected chi connectivity index (χ1v) is 7.36. The van der Waals surface area contributed by atoms with Crippen LogP contribution in [-0.2, 0) is 9.47 Å². The van der Waals surface area contributed by atoms with Gasteiger partial charge in [0, 0.05) is 5.41 Å². The maximum absolute atomic E-state index is 8.92. The van der Waals surface area contributed by atoms with Gasteiger partial charge in [-0.25, -0.2) is 0 Å². The number of allylic oxidation sites excluding steroid dienone is 3. The summed E-state index contributed by atoms with van der Waals surface area (Å²) in [5.74, 6) is 0. The molecule has 0 aromatic carbocycles. The van der Waals surface area contributed by atoms with Gasteiger partial charge in [-0.2, -0.15) is 0 Å². The molecular formula is C17H26O3. The summed E-state index contributed by atoms with van der Waals surface area (Å²) in [7, 11) is 0.